The molecule has 0 radical (unpaired) electrons. The van der Waals surface area contributed by atoms with E-state index in [1.54, 1.807) is 13.4 Å². The van der Waals surface area contributed by atoms with E-state index in [0.717, 1.165) is 27.6 Å². The Morgan fingerprint density at radius 2 is 2.00 bits per heavy atom. The van der Waals surface area contributed by atoms with E-state index >= 15 is 0 Å². The largest absolute Gasteiger partial charge is 0.492 e. The molecule has 3 rings (SSSR count). The normalized spacial score (nSPS) is 11.4. The molecule has 0 aliphatic carbocycles. The first-order chi connectivity index (χ1) is 9.19. The number of hydrogen-bond acceptors (Lipinski definition) is 3. The van der Waals surface area contributed by atoms with Crippen LogP contribution in [0.2, 0.25) is 0 Å². The summed E-state index contributed by atoms with van der Waals surface area (Å²) in [6, 6.07) is 6.13. The number of methoxy groups -OCH3 is 1. The highest BCUT2D eigenvalue weighted by molar-refractivity contribution is 6.08. The minimum atomic E-state index is -0.0334. The Labute approximate surface area is 111 Å². The number of aliphatic hydroxyl groups excluding tert-OH is 1. The molecule has 0 aliphatic heterocycles. The van der Waals surface area contributed by atoms with Crippen LogP contribution in [0.3, 0.4) is 0 Å². The lowest BCUT2D eigenvalue weighted by molar-refractivity contribution is 0.281. The lowest BCUT2D eigenvalue weighted by Gasteiger charge is -2.12. The third-order valence-corrected chi connectivity index (χ3v) is 3.72. The molecule has 0 amide bonds. The Kier molecular flexibility index (Phi) is 2.72. The van der Waals surface area contributed by atoms with Gasteiger partial charge in [-0.05, 0) is 30.4 Å². The van der Waals surface area contributed by atoms with Gasteiger partial charge in [0, 0.05) is 16.3 Å². The molecule has 0 atom stereocenters. The van der Waals surface area contributed by atoms with Crippen LogP contribution in [0.25, 0.3) is 21.7 Å². The van der Waals surface area contributed by atoms with Crippen LogP contribution >= 0.6 is 0 Å². The molecule has 98 valence electrons. The quantitative estimate of drug-likeness (QED) is 0.760. The lowest BCUT2D eigenvalue weighted by atomic mass is 9.95. The summed E-state index contributed by atoms with van der Waals surface area (Å²) in [5.41, 5.74) is 3.83. The zero-order valence-electron chi connectivity index (χ0n) is 11.3. The third kappa shape index (κ3) is 1.55. The summed E-state index contributed by atoms with van der Waals surface area (Å²) < 4.78 is 11.1. The Bertz CT molecular complexity index is 769. The second-order valence-corrected chi connectivity index (χ2v) is 4.78. The van der Waals surface area contributed by atoms with Gasteiger partial charge in [0.2, 0.25) is 0 Å². The van der Waals surface area contributed by atoms with Gasteiger partial charge >= 0.3 is 0 Å². The number of hydrogen-bond donors (Lipinski definition) is 1. The van der Waals surface area contributed by atoms with Crippen LogP contribution < -0.4 is 4.74 Å². The van der Waals surface area contributed by atoms with Crippen molar-refractivity contribution in [3.8, 4) is 5.75 Å². The van der Waals surface area contributed by atoms with Crippen molar-refractivity contribution < 1.29 is 14.3 Å². The van der Waals surface area contributed by atoms with Crippen molar-refractivity contribution in [1.82, 2.24) is 0 Å². The number of ether oxygens (including phenoxy) is 1. The summed E-state index contributed by atoms with van der Waals surface area (Å²) in [6.07, 6.45) is 1.61. The molecule has 1 aromatic heterocycles. The Balaban J connectivity index is 2.62. The lowest BCUT2D eigenvalue weighted by Crippen LogP contribution is -1.92. The number of benzene rings is 2. The topological polar surface area (TPSA) is 42.6 Å². The third-order valence-electron chi connectivity index (χ3n) is 3.72. The molecule has 0 saturated heterocycles. The van der Waals surface area contributed by atoms with Gasteiger partial charge in [-0.25, -0.2) is 0 Å². The molecule has 3 aromatic rings. The Morgan fingerprint density at radius 3 is 2.68 bits per heavy atom. The monoisotopic (exact) mass is 256 g/mol. The van der Waals surface area contributed by atoms with E-state index < -0.39 is 0 Å². The summed E-state index contributed by atoms with van der Waals surface area (Å²) in [7, 11) is 1.65. The zero-order valence-corrected chi connectivity index (χ0v) is 11.3. The number of aliphatic hydroxyl groups is 1. The van der Waals surface area contributed by atoms with Crippen molar-refractivity contribution in [3.05, 3.63) is 41.2 Å². The summed E-state index contributed by atoms with van der Waals surface area (Å²) >= 11 is 0. The minimum Gasteiger partial charge on any atom is -0.492 e. The van der Waals surface area contributed by atoms with Crippen LogP contribution in [-0.4, -0.2) is 12.2 Å². The predicted molar refractivity (Wildman–Crippen MR) is 75.7 cm³/mol. The number of furan rings is 1. The first kappa shape index (κ1) is 12.1. The van der Waals surface area contributed by atoms with E-state index in [9.17, 15) is 5.11 Å². The summed E-state index contributed by atoms with van der Waals surface area (Å²) in [6.45, 7) is 4.11. The van der Waals surface area contributed by atoms with Crippen molar-refractivity contribution in [3.63, 3.8) is 0 Å². The highest BCUT2D eigenvalue weighted by Crippen LogP contribution is 2.41. The molecule has 19 heavy (non-hydrogen) atoms. The molecule has 0 aliphatic rings. The van der Waals surface area contributed by atoms with E-state index in [2.05, 4.69) is 19.9 Å². The molecule has 3 nitrogen and oxygen atoms in total. The van der Waals surface area contributed by atoms with E-state index in [1.165, 1.54) is 10.9 Å². The van der Waals surface area contributed by atoms with Crippen molar-refractivity contribution in [2.45, 2.75) is 20.5 Å². The molecular weight excluding hydrogens is 240 g/mol. The van der Waals surface area contributed by atoms with E-state index in [0.29, 0.717) is 5.58 Å². The first-order valence-electron chi connectivity index (χ1n) is 6.25. The fourth-order valence-electron chi connectivity index (χ4n) is 2.89. The van der Waals surface area contributed by atoms with E-state index in [4.69, 9.17) is 9.15 Å². The molecule has 0 saturated carbocycles. The maximum atomic E-state index is 9.45. The highest BCUT2D eigenvalue weighted by Gasteiger charge is 2.18. The van der Waals surface area contributed by atoms with Crippen LogP contribution in [-0.2, 0) is 6.61 Å². The minimum absolute atomic E-state index is 0.0334. The van der Waals surface area contributed by atoms with Gasteiger partial charge in [-0.15, -0.1) is 0 Å². The smallest absolute Gasteiger partial charge is 0.176 e. The first-order valence-corrected chi connectivity index (χ1v) is 6.25. The van der Waals surface area contributed by atoms with E-state index in [-0.39, 0.29) is 6.61 Å². The van der Waals surface area contributed by atoms with Gasteiger partial charge in [0.05, 0.1) is 20.0 Å². The van der Waals surface area contributed by atoms with Gasteiger partial charge in [-0.3, -0.25) is 0 Å². The predicted octanol–water partition coefficient (Wildman–Crippen LogP) is 3.70. The maximum Gasteiger partial charge on any atom is 0.176 e. The standard InChI is InChI=1S/C16H16O3/c1-9-5-4-6-12-13(9)10(2)14-11(7-17)8-19-16(14)15(12)18-3/h4-6,8,17H,7H2,1-3H3. The molecule has 1 N–H and O–H groups in total. The second-order valence-electron chi connectivity index (χ2n) is 4.78. The fourth-order valence-corrected chi connectivity index (χ4v) is 2.89. The summed E-state index contributed by atoms with van der Waals surface area (Å²) in [5.74, 6) is 0.735. The Hall–Kier alpha value is -2.00. The van der Waals surface area contributed by atoms with Crippen molar-refractivity contribution in [1.29, 1.82) is 0 Å². The van der Waals surface area contributed by atoms with Crippen LogP contribution in [0.4, 0.5) is 0 Å². The Morgan fingerprint density at radius 1 is 1.21 bits per heavy atom. The summed E-state index contributed by atoms with van der Waals surface area (Å²) in [4.78, 5) is 0. The molecule has 0 fully saturated rings. The van der Waals surface area contributed by atoms with Crippen LogP contribution in [0, 0.1) is 13.8 Å². The van der Waals surface area contributed by atoms with Crippen LogP contribution in [0.5, 0.6) is 5.75 Å². The number of rotatable bonds is 2. The van der Waals surface area contributed by atoms with Gasteiger partial charge in [-0.1, -0.05) is 18.2 Å². The number of aryl methyl sites for hydroxylation is 2. The molecule has 3 heteroatoms. The summed E-state index contributed by atoms with van der Waals surface area (Å²) in [5, 5.41) is 12.6. The van der Waals surface area contributed by atoms with Crippen molar-refractivity contribution >= 4 is 21.7 Å². The second kappa shape index (κ2) is 4.28. The molecule has 0 bridgehead atoms. The maximum absolute atomic E-state index is 9.45. The molecule has 0 unspecified atom stereocenters. The molecular formula is C16H16O3. The van der Waals surface area contributed by atoms with Crippen molar-refractivity contribution in [2.75, 3.05) is 7.11 Å². The number of fused-ring (bicyclic) bond motifs is 2. The zero-order chi connectivity index (χ0) is 13.6. The van der Waals surface area contributed by atoms with Crippen LogP contribution in [0.1, 0.15) is 16.7 Å². The van der Waals surface area contributed by atoms with Gasteiger partial charge < -0.3 is 14.3 Å². The molecule has 2 aromatic carbocycles. The average molecular weight is 256 g/mol. The highest BCUT2D eigenvalue weighted by atomic mass is 16.5. The van der Waals surface area contributed by atoms with Gasteiger partial charge in [0.25, 0.3) is 0 Å². The van der Waals surface area contributed by atoms with Crippen LogP contribution in [0.15, 0.2) is 28.9 Å². The fraction of sp³-hybridized carbons (Fsp3) is 0.250. The van der Waals surface area contributed by atoms with Gasteiger partial charge in [0.15, 0.2) is 11.3 Å². The molecule has 0 spiro atoms. The van der Waals surface area contributed by atoms with Crippen molar-refractivity contribution in [2.24, 2.45) is 0 Å². The average Bonchev–Trinajstić information content (AvgIpc) is 2.83. The van der Waals surface area contributed by atoms with Gasteiger partial charge in [0.1, 0.15) is 0 Å². The van der Waals surface area contributed by atoms with Gasteiger partial charge in [-0.2, -0.15) is 0 Å². The SMILES string of the molecule is COc1c2cccc(C)c2c(C)c2c(CO)coc12. The van der Waals surface area contributed by atoms with E-state index in [1.807, 2.05) is 12.1 Å². The molecule has 1 heterocycles.